The first-order chi connectivity index (χ1) is 27.8. The van der Waals surface area contributed by atoms with E-state index in [0.29, 0.717) is 30.9 Å². The van der Waals surface area contributed by atoms with E-state index in [9.17, 15) is 19.8 Å². The van der Waals surface area contributed by atoms with Crippen molar-refractivity contribution in [2.75, 3.05) is 69.7 Å². The summed E-state index contributed by atoms with van der Waals surface area (Å²) in [5, 5.41) is 23.6. The number of anilines is 2. The smallest absolute Gasteiger partial charge is 0.255 e. The Hall–Kier alpha value is -5.36. The number of thiophene rings is 1. The molecule has 3 N–H and O–H groups in total. The molecule has 298 valence electrons. The van der Waals surface area contributed by atoms with Crippen LogP contribution in [0.3, 0.4) is 0 Å². The molecule has 4 aromatic carbocycles. The molecule has 1 atom stereocenters. The Morgan fingerprint density at radius 3 is 2.21 bits per heavy atom. The number of piperidine rings is 1. The van der Waals surface area contributed by atoms with Crippen molar-refractivity contribution in [2.24, 2.45) is 5.92 Å². The molecule has 11 heteroatoms. The molecule has 1 unspecified atom stereocenters. The molecule has 3 aliphatic rings. The Morgan fingerprint density at radius 1 is 0.860 bits per heavy atom. The summed E-state index contributed by atoms with van der Waals surface area (Å²) in [5.41, 5.74) is 5.03. The van der Waals surface area contributed by atoms with Crippen molar-refractivity contribution in [3.05, 3.63) is 109 Å². The Morgan fingerprint density at radius 2 is 1.53 bits per heavy atom. The second-order valence-electron chi connectivity index (χ2n) is 15.1. The molecule has 1 amide bonds. The maximum Gasteiger partial charge on any atom is 0.255 e. The molecular formula is C46H53N5O5S. The molecule has 1 aromatic heterocycles. The number of nitrogens with zero attached hydrogens (tertiary/aromatic N) is 4. The number of ether oxygens (including phenoxy) is 1. The highest BCUT2D eigenvalue weighted by Crippen LogP contribution is 2.47. The molecule has 10 nitrogen and oxygen atoms in total. The van der Waals surface area contributed by atoms with Gasteiger partial charge in [0.1, 0.15) is 23.5 Å². The quantitative estimate of drug-likeness (QED) is 0.0854. The average molecular weight is 788 g/mol. The van der Waals surface area contributed by atoms with E-state index in [1.165, 1.54) is 5.69 Å². The average Bonchev–Trinajstić information content (AvgIpc) is 3.75. The Balaban J connectivity index is 0.00000160. The summed E-state index contributed by atoms with van der Waals surface area (Å²) in [4.78, 5) is 35.0. The summed E-state index contributed by atoms with van der Waals surface area (Å²) in [6.45, 7) is 11.4. The van der Waals surface area contributed by atoms with Crippen molar-refractivity contribution in [1.82, 2.24) is 15.1 Å². The van der Waals surface area contributed by atoms with Crippen LogP contribution in [0, 0.1) is 5.92 Å². The number of nitrogens with one attached hydrogen (secondary N) is 1. The lowest BCUT2D eigenvalue weighted by molar-refractivity contribution is -0.112. The summed E-state index contributed by atoms with van der Waals surface area (Å²) >= 11 is 1.56. The number of hydrogen-bond donors (Lipinski definition) is 3. The lowest BCUT2D eigenvalue weighted by atomic mass is 9.95. The van der Waals surface area contributed by atoms with Crippen LogP contribution in [0.15, 0.2) is 97.6 Å². The van der Waals surface area contributed by atoms with E-state index in [2.05, 4.69) is 50.9 Å². The minimum atomic E-state index is -0.411. The molecule has 8 rings (SSSR count). The maximum atomic E-state index is 13.1. The van der Waals surface area contributed by atoms with Crippen LogP contribution >= 0.6 is 11.3 Å². The van der Waals surface area contributed by atoms with Crippen molar-refractivity contribution in [1.29, 1.82) is 0 Å². The zero-order valence-corrected chi connectivity index (χ0v) is 33.7. The van der Waals surface area contributed by atoms with Crippen LogP contribution in [-0.2, 0) is 11.3 Å². The normalized spacial score (nSPS) is 16.6. The molecular weight excluding hydrogens is 735 g/mol. The summed E-state index contributed by atoms with van der Waals surface area (Å²) in [6.07, 6.45) is 6.32. The first-order valence-electron chi connectivity index (χ1n) is 19.9. The monoisotopic (exact) mass is 787 g/mol. The van der Waals surface area contributed by atoms with Gasteiger partial charge >= 0.3 is 0 Å². The Kier molecular flexibility index (Phi) is 12.8. The molecule has 4 heterocycles. The fraction of sp³-hybridized carbons (Fsp3) is 0.348. The van der Waals surface area contributed by atoms with Crippen LogP contribution in [0.1, 0.15) is 41.6 Å². The highest BCUT2D eigenvalue weighted by atomic mass is 32.1. The van der Waals surface area contributed by atoms with Gasteiger partial charge in [0.05, 0.1) is 10.9 Å². The lowest BCUT2D eigenvalue weighted by Gasteiger charge is -2.40. The van der Waals surface area contributed by atoms with E-state index in [1.54, 1.807) is 46.6 Å². The molecule has 0 saturated carbocycles. The van der Waals surface area contributed by atoms with Gasteiger partial charge in [-0.2, -0.15) is 0 Å². The second kappa shape index (κ2) is 18.3. The highest BCUT2D eigenvalue weighted by molar-refractivity contribution is 7.22. The van der Waals surface area contributed by atoms with Crippen molar-refractivity contribution < 1.29 is 24.5 Å². The van der Waals surface area contributed by atoms with Gasteiger partial charge in [-0.05, 0) is 142 Å². The molecule has 0 radical (unpaired) electrons. The number of carbonyl (C=O) groups excluding carboxylic acids is 2. The number of aldehydes is 1. The van der Waals surface area contributed by atoms with Crippen LogP contribution in [-0.4, -0.2) is 98.2 Å². The van der Waals surface area contributed by atoms with Crippen LogP contribution in [0.25, 0.3) is 20.5 Å². The number of aromatic hydroxyl groups is 2. The van der Waals surface area contributed by atoms with Crippen LogP contribution in [0.5, 0.6) is 23.0 Å². The summed E-state index contributed by atoms with van der Waals surface area (Å²) in [5.74, 6) is 2.55. The van der Waals surface area contributed by atoms with Gasteiger partial charge in [0, 0.05) is 79.4 Å². The number of hydrogen-bond acceptors (Lipinski definition) is 10. The molecule has 3 aliphatic heterocycles. The van der Waals surface area contributed by atoms with Gasteiger partial charge in [-0.3, -0.25) is 9.69 Å². The van der Waals surface area contributed by atoms with E-state index in [-0.39, 0.29) is 17.4 Å². The van der Waals surface area contributed by atoms with Crippen LogP contribution in [0.4, 0.5) is 11.4 Å². The fourth-order valence-corrected chi connectivity index (χ4v) is 9.28. The number of phenolic OH excluding ortho intramolecular Hbond substituents is 2. The number of benzene rings is 4. The van der Waals surface area contributed by atoms with Gasteiger partial charge < -0.3 is 39.8 Å². The predicted octanol–water partition coefficient (Wildman–Crippen LogP) is 8.14. The molecule has 5 aromatic rings. The molecule has 57 heavy (non-hydrogen) atoms. The zero-order valence-electron chi connectivity index (χ0n) is 32.9. The van der Waals surface area contributed by atoms with Crippen molar-refractivity contribution in [2.45, 2.75) is 38.3 Å². The third-order valence-electron chi connectivity index (χ3n) is 11.2. The maximum absolute atomic E-state index is 13.1. The molecule has 0 spiro atoms. The predicted molar refractivity (Wildman–Crippen MR) is 231 cm³/mol. The molecule has 2 saturated heterocycles. The number of amides is 1. The number of fused-ring (bicyclic) bond motifs is 2. The molecule has 2 fully saturated rings. The van der Waals surface area contributed by atoms with Crippen molar-refractivity contribution >= 4 is 45.0 Å². The number of allylic oxidation sites excluding steroid dienone is 1. The largest absolute Gasteiger partial charge is 0.508 e. The van der Waals surface area contributed by atoms with Gasteiger partial charge in [-0.1, -0.05) is 6.08 Å². The highest BCUT2D eigenvalue weighted by Gasteiger charge is 2.33. The standard InChI is InChI=1S/C44H46N4O5S.C2H7N/c1-2-3-4-35(29-49)48-28-32-25-34(9-15-39(32)44(48)52)47-23-21-45(22-24-47)27-30-17-19-46(20-18-30)33-7-13-38(14-8-33)53-42-40-16-12-37(51)26-41(40)54-43(42)31-5-10-36(50)11-6-31;1-3-2/h2,5-16,25-26,29-30,35,50-51H,1,3-4,17-24,27-28H2;3H,1-2H3. The van der Waals surface area contributed by atoms with Gasteiger partial charge in [-0.25, -0.2) is 0 Å². The zero-order chi connectivity index (χ0) is 39.9. The lowest BCUT2D eigenvalue weighted by Crippen LogP contribution is -2.49. The van der Waals surface area contributed by atoms with Gasteiger partial charge in [0.2, 0.25) is 0 Å². The number of phenols is 2. The Bertz CT molecular complexity index is 2150. The third-order valence-corrected chi connectivity index (χ3v) is 12.4. The van der Waals surface area contributed by atoms with E-state index in [1.807, 2.05) is 50.5 Å². The van der Waals surface area contributed by atoms with Crippen molar-refractivity contribution in [3.63, 3.8) is 0 Å². The van der Waals surface area contributed by atoms with E-state index in [0.717, 1.165) is 108 Å². The van der Waals surface area contributed by atoms with Crippen LogP contribution in [0.2, 0.25) is 0 Å². The summed E-state index contributed by atoms with van der Waals surface area (Å²) in [6, 6.07) is 26.6. The summed E-state index contributed by atoms with van der Waals surface area (Å²) in [7, 11) is 3.75. The van der Waals surface area contributed by atoms with E-state index < -0.39 is 6.04 Å². The summed E-state index contributed by atoms with van der Waals surface area (Å²) < 4.78 is 7.46. The third kappa shape index (κ3) is 9.12. The Labute approximate surface area is 339 Å². The topological polar surface area (TPSA) is 109 Å². The van der Waals surface area contributed by atoms with Gasteiger partial charge in [0.25, 0.3) is 5.91 Å². The van der Waals surface area contributed by atoms with Gasteiger partial charge in [0.15, 0.2) is 5.75 Å². The first kappa shape index (κ1) is 39.9. The van der Waals surface area contributed by atoms with E-state index in [4.69, 9.17) is 4.74 Å². The van der Waals surface area contributed by atoms with Crippen LogP contribution < -0.4 is 19.9 Å². The molecule has 0 bridgehead atoms. The fourth-order valence-electron chi connectivity index (χ4n) is 8.12. The van der Waals surface area contributed by atoms with Crippen molar-refractivity contribution in [3.8, 4) is 33.4 Å². The minimum Gasteiger partial charge on any atom is -0.508 e. The number of piperazine rings is 1. The van der Waals surface area contributed by atoms with E-state index >= 15 is 0 Å². The number of carbonyl (C=O) groups is 2. The van der Waals surface area contributed by atoms with Gasteiger partial charge in [-0.15, -0.1) is 17.9 Å². The minimum absolute atomic E-state index is 0.0491. The number of rotatable bonds is 12. The second-order valence-corrected chi connectivity index (χ2v) is 16.2. The first-order valence-corrected chi connectivity index (χ1v) is 20.7. The SMILES string of the molecule is C=CCCC(C=O)N1Cc2cc(N3CCN(CC4CCN(c5ccc(Oc6c(-c7ccc(O)cc7)sc7cc(O)ccc67)cc5)CC4)CC3)ccc2C1=O.CNC. The molecule has 0 aliphatic carbocycles.